The van der Waals surface area contributed by atoms with Crippen LogP contribution in [0.15, 0.2) is 35.2 Å². The van der Waals surface area contributed by atoms with Crippen molar-refractivity contribution in [2.45, 2.75) is 11.8 Å². The zero-order valence-electron chi connectivity index (χ0n) is 14.2. The third-order valence-electron chi connectivity index (χ3n) is 4.08. The third-order valence-corrected chi connectivity index (χ3v) is 6.01. The molecule has 0 amide bonds. The van der Waals surface area contributed by atoms with Gasteiger partial charge in [0.15, 0.2) is 5.82 Å². The largest absolute Gasteiger partial charge is 0.369 e. The summed E-state index contributed by atoms with van der Waals surface area (Å²) in [4.78, 5) is 1.40. The summed E-state index contributed by atoms with van der Waals surface area (Å²) in [5.41, 5.74) is 0. The van der Waals surface area contributed by atoms with E-state index in [2.05, 4.69) is 15.5 Å². The number of benzene rings is 1. The highest BCUT2D eigenvalue weighted by Crippen LogP contribution is 2.22. The average molecular weight is 383 g/mol. The van der Waals surface area contributed by atoms with E-state index < -0.39 is 26.6 Å². The zero-order valence-corrected chi connectivity index (χ0v) is 15.0. The Labute approximate surface area is 150 Å². The minimum atomic E-state index is -4.01. The second-order valence-corrected chi connectivity index (χ2v) is 7.68. The van der Waals surface area contributed by atoms with E-state index in [0.29, 0.717) is 30.8 Å². The van der Waals surface area contributed by atoms with Gasteiger partial charge in [0.25, 0.3) is 0 Å². The zero-order chi connectivity index (χ0) is 18.7. The topological polar surface area (TPSA) is 78.4 Å². The summed E-state index contributed by atoms with van der Waals surface area (Å²) in [5.74, 6) is -0.580. The summed E-state index contributed by atoms with van der Waals surface area (Å²) in [7, 11) is -4.01. The number of piperazine rings is 1. The molecule has 7 nitrogen and oxygen atoms in total. The molecule has 0 atom stereocenters. The van der Waals surface area contributed by atoms with Crippen molar-refractivity contribution in [3.8, 4) is 0 Å². The van der Waals surface area contributed by atoms with Crippen molar-refractivity contribution in [2.75, 3.05) is 42.9 Å². The lowest BCUT2D eigenvalue weighted by Crippen LogP contribution is -2.49. The molecule has 1 aromatic heterocycles. The molecule has 1 fully saturated rings. The van der Waals surface area contributed by atoms with Gasteiger partial charge in [-0.15, -0.1) is 10.2 Å². The summed E-state index contributed by atoms with van der Waals surface area (Å²) in [6, 6.07) is 6.09. The third kappa shape index (κ3) is 3.75. The molecule has 0 unspecified atom stereocenters. The molecule has 2 aromatic rings. The second kappa shape index (κ2) is 7.50. The van der Waals surface area contributed by atoms with Crippen molar-refractivity contribution >= 4 is 21.7 Å². The summed E-state index contributed by atoms with van der Waals surface area (Å²) >= 11 is 0. The fourth-order valence-electron chi connectivity index (χ4n) is 2.75. The predicted octanol–water partition coefficient (Wildman–Crippen LogP) is 1.70. The summed E-state index contributed by atoms with van der Waals surface area (Å²) in [6.07, 6.45) is 0. The summed E-state index contributed by atoms with van der Waals surface area (Å²) in [5, 5.41) is 11.2. The highest BCUT2D eigenvalue weighted by molar-refractivity contribution is 7.89. The van der Waals surface area contributed by atoms with Crippen LogP contribution in [0.25, 0.3) is 0 Å². The first kappa shape index (κ1) is 18.5. The number of aromatic nitrogens is 2. The maximum atomic E-state index is 13.9. The minimum Gasteiger partial charge on any atom is -0.369 e. The molecule has 1 aliphatic rings. The molecule has 0 bridgehead atoms. The van der Waals surface area contributed by atoms with Gasteiger partial charge in [0.2, 0.25) is 10.0 Å². The molecule has 0 saturated carbocycles. The van der Waals surface area contributed by atoms with E-state index in [1.807, 2.05) is 24.0 Å². The van der Waals surface area contributed by atoms with E-state index in [9.17, 15) is 17.2 Å². The van der Waals surface area contributed by atoms with Crippen LogP contribution in [-0.2, 0) is 10.0 Å². The van der Waals surface area contributed by atoms with Crippen molar-refractivity contribution in [1.29, 1.82) is 0 Å². The normalized spacial score (nSPS) is 15.9. The Kier molecular flexibility index (Phi) is 5.33. The van der Waals surface area contributed by atoms with Crippen LogP contribution in [0.1, 0.15) is 6.92 Å². The quantitative estimate of drug-likeness (QED) is 0.847. The molecule has 26 heavy (non-hydrogen) atoms. The Morgan fingerprint density at radius 2 is 1.81 bits per heavy atom. The van der Waals surface area contributed by atoms with Crippen LogP contribution < -0.4 is 10.2 Å². The molecule has 0 spiro atoms. The summed E-state index contributed by atoms with van der Waals surface area (Å²) < 4.78 is 53.3. The van der Waals surface area contributed by atoms with Crippen molar-refractivity contribution in [3.63, 3.8) is 0 Å². The van der Waals surface area contributed by atoms with E-state index in [1.54, 1.807) is 0 Å². The SMILES string of the molecule is CCNc1ccc(N2CCN(S(=O)(=O)c3ccc(F)cc3F)CC2)nn1. The Hall–Kier alpha value is -2.33. The maximum Gasteiger partial charge on any atom is 0.246 e. The first-order chi connectivity index (χ1) is 12.4. The molecule has 2 heterocycles. The molecule has 1 saturated heterocycles. The van der Waals surface area contributed by atoms with E-state index in [4.69, 9.17) is 0 Å². The van der Waals surface area contributed by atoms with Gasteiger partial charge in [-0.05, 0) is 31.2 Å². The number of halogens is 2. The lowest BCUT2D eigenvalue weighted by Gasteiger charge is -2.34. The van der Waals surface area contributed by atoms with Gasteiger partial charge in [-0.2, -0.15) is 4.31 Å². The molecule has 3 rings (SSSR count). The van der Waals surface area contributed by atoms with Gasteiger partial charge in [0, 0.05) is 38.8 Å². The van der Waals surface area contributed by atoms with Crippen LogP contribution in [-0.4, -0.2) is 55.6 Å². The van der Waals surface area contributed by atoms with Gasteiger partial charge in [0.1, 0.15) is 22.3 Å². The number of hydrogen-bond donors (Lipinski definition) is 1. The van der Waals surface area contributed by atoms with Crippen molar-refractivity contribution in [1.82, 2.24) is 14.5 Å². The number of nitrogens with one attached hydrogen (secondary N) is 1. The molecule has 1 aromatic carbocycles. The summed E-state index contributed by atoms with van der Waals surface area (Å²) in [6.45, 7) is 3.85. The van der Waals surface area contributed by atoms with Gasteiger partial charge >= 0.3 is 0 Å². The standard InChI is InChI=1S/C16H19F2N5O2S/c1-2-19-15-5-6-16(21-20-15)22-7-9-23(10-8-22)26(24,25)14-4-3-12(17)11-13(14)18/h3-6,11H,2,7-10H2,1H3,(H,19,20). The van der Waals surface area contributed by atoms with Crippen LogP contribution in [0.3, 0.4) is 0 Å². The van der Waals surface area contributed by atoms with Crippen LogP contribution >= 0.6 is 0 Å². The Morgan fingerprint density at radius 3 is 2.38 bits per heavy atom. The number of nitrogens with zero attached hydrogens (tertiary/aromatic N) is 4. The predicted molar refractivity (Wildman–Crippen MR) is 93.5 cm³/mol. The van der Waals surface area contributed by atoms with Gasteiger partial charge in [-0.25, -0.2) is 17.2 Å². The highest BCUT2D eigenvalue weighted by atomic mass is 32.2. The number of sulfonamides is 1. The van der Waals surface area contributed by atoms with Gasteiger partial charge in [-0.3, -0.25) is 0 Å². The Morgan fingerprint density at radius 1 is 1.08 bits per heavy atom. The molecule has 10 heteroatoms. The fraction of sp³-hybridized carbons (Fsp3) is 0.375. The van der Waals surface area contributed by atoms with Gasteiger partial charge in [-0.1, -0.05) is 0 Å². The first-order valence-electron chi connectivity index (χ1n) is 8.19. The lowest BCUT2D eigenvalue weighted by atomic mass is 10.3. The number of anilines is 2. The van der Waals surface area contributed by atoms with Crippen LogP contribution in [0.4, 0.5) is 20.4 Å². The first-order valence-corrected chi connectivity index (χ1v) is 9.63. The van der Waals surface area contributed by atoms with E-state index >= 15 is 0 Å². The van der Waals surface area contributed by atoms with Gasteiger partial charge < -0.3 is 10.2 Å². The number of rotatable bonds is 5. The molecule has 0 radical (unpaired) electrons. The smallest absolute Gasteiger partial charge is 0.246 e. The molecular weight excluding hydrogens is 364 g/mol. The highest BCUT2D eigenvalue weighted by Gasteiger charge is 2.31. The molecular formula is C16H19F2N5O2S. The van der Waals surface area contributed by atoms with E-state index in [-0.39, 0.29) is 13.1 Å². The molecule has 1 aliphatic heterocycles. The molecule has 0 aliphatic carbocycles. The monoisotopic (exact) mass is 383 g/mol. The van der Waals surface area contributed by atoms with Gasteiger partial charge in [0.05, 0.1) is 0 Å². The van der Waals surface area contributed by atoms with Crippen molar-refractivity contribution < 1.29 is 17.2 Å². The van der Waals surface area contributed by atoms with E-state index in [0.717, 1.165) is 18.7 Å². The van der Waals surface area contributed by atoms with Crippen LogP contribution in [0.2, 0.25) is 0 Å². The average Bonchev–Trinajstić information content (AvgIpc) is 2.62. The van der Waals surface area contributed by atoms with Crippen LogP contribution in [0, 0.1) is 11.6 Å². The Bertz CT molecular complexity index is 869. The second-order valence-electron chi connectivity index (χ2n) is 5.77. The lowest BCUT2D eigenvalue weighted by molar-refractivity contribution is 0.381. The number of hydrogen-bond acceptors (Lipinski definition) is 6. The Balaban J connectivity index is 1.69. The molecule has 140 valence electrons. The van der Waals surface area contributed by atoms with Crippen molar-refractivity contribution in [2.24, 2.45) is 0 Å². The fourth-order valence-corrected chi connectivity index (χ4v) is 4.22. The van der Waals surface area contributed by atoms with Crippen LogP contribution in [0.5, 0.6) is 0 Å². The van der Waals surface area contributed by atoms with E-state index in [1.165, 1.54) is 4.31 Å². The minimum absolute atomic E-state index is 0.176. The van der Waals surface area contributed by atoms with Crippen molar-refractivity contribution in [3.05, 3.63) is 42.0 Å². The maximum absolute atomic E-state index is 13.9. The molecule has 1 N–H and O–H groups in total.